The third kappa shape index (κ3) is 1.53. The van der Waals surface area contributed by atoms with Crippen LogP contribution in [0.2, 0.25) is 0 Å². The van der Waals surface area contributed by atoms with Gasteiger partial charge in [0.1, 0.15) is 5.69 Å². The van der Waals surface area contributed by atoms with E-state index in [0.717, 1.165) is 0 Å². The number of ether oxygens (including phenoxy) is 1. The molecule has 1 aromatic heterocycles. The van der Waals surface area contributed by atoms with E-state index in [1.807, 2.05) is 0 Å². The molecule has 1 aromatic rings. The van der Waals surface area contributed by atoms with Crippen LogP contribution in [0.1, 0.15) is 16.1 Å². The summed E-state index contributed by atoms with van der Waals surface area (Å²) in [6.45, 7) is 1.67. The molecule has 0 amide bonds. The zero-order valence-electron chi connectivity index (χ0n) is 6.88. The van der Waals surface area contributed by atoms with Crippen LogP contribution in [-0.4, -0.2) is 18.1 Å². The molecule has 0 atom stereocenters. The van der Waals surface area contributed by atoms with Gasteiger partial charge in [-0.25, -0.2) is 4.79 Å². The summed E-state index contributed by atoms with van der Waals surface area (Å²) < 4.78 is 4.42. The number of carbonyl (C=O) groups excluding carboxylic acids is 1. The second kappa shape index (κ2) is 3.21. The van der Waals surface area contributed by atoms with Crippen LogP contribution in [-0.2, 0) is 4.74 Å². The van der Waals surface area contributed by atoms with Gasteiger partial charge in [0.15, 0.2) is 5.43 Å². The van der Waals surface area contributed by atoms with Crippen LogP contribution in [0.3, 0.4) is 0 Å². The first kappa shape index (κ1) is 8.52. The van der Waals surface area contributed by atoms with E-state index in [0.29, 0.717) is 5.56 Å². The van der Waals surface area contributed by atoms with E-state index in [1.165, 1.54) is 19.4 Å². The third-order valence-corrected chi connectivity index (χ3v) is 1.51. The number of methoxy groups -OCH3 is 1. The topological polar surface area (TPSA) is 59.2 Å². The Labute approximate surface area is 69.2 Å². The molecule has 0 aliphatic heterocycles. The number of hydrogen-bond donors (Lipinski definition) is 1. The first-order valence-electron chi connectivity index (χ1n) is 3.43. The van der Waals surface area contributed by atoms with E-state index < -0.39 is 5.97 Å². The highest BCUT2D eigenvalue weighted by molar-refractivity contribution is 5.86. The van der Waals surface area contributed by atoms with Crippen LogP contribution >= 0.6 is 0 Å². The highest BCUT2D eigenvalue weighted by Gasteiger charge is 2.05. The number of aromatic nitrogens is 1. The van der Waals surface area contributed by atoms with E-state index in [4.69, 9.17) is 0 Å². The zero-order chi connectivity index (χ0) is 9.14. The molecular formula is C8H9NO3. The fraction of sp³-hybridized carbons (Fsp3) is 0.250. The Kier molecular flexibility index (Phi) is 2.28. The van der Waals surface area contributed by atoms with Crippen LogP contribution in [0.5, 0.6) is 0 Å². The van der Waals surface area contributed by atoms with Crippen molar-refractivity contribution in [1.29, 1.82) is 0 Å². The van der Waals surface area contributed by atoms with Crippen molar-refractivity contribution in [2.75, 3.05) is 7.11 Å². The standard InChI is InChI=1S/C8H9NO3/c1-5-4-9-6(3-7(5)10)8(11)12-2/h3-4H,1-2H3,(H,9,10). The maximum absolute atomic E-state index is 11.0. The quantitative estimate of drug-likeness (QED) is 0.618. The Bertz CT molecular complexity index is 354. The minimum Gasteiger partial charge on any atom is -0.464 e. The van der Waals surface area contributed by atoms with Crippen molar-refractivity contribution in [2.24, 2.45) is 0 Å². The molecule has 0 unspecified atom stereocenters. The molecule has 1 heterocycles. The van der Waals surface area contributed by atoms with Crippen molar-refractivity contribution < 1.29 is 9.53 Å². The van der Waals surface area contributed by atoms with Crippen molar-refractivity contribution in [3.05, 3.63) is 33.7 Å². The van der Waals surface area contributed by atoms with E-state index in [1.54, 1.807) is 6.92 Å². The summed E-state index contributed by atoms with van der Waals surface area (Å²) in [5, 5.41) is 0. The number of aromatic amines is 1. The predicted molar refractivity (Wildman–Crippen MR) is 43.1 cm³/mol. The number of aryl methyl sites for hydroxylation is 1. The summed E-state index contributed by atoms with van der Waals surface area (Å²) in [6, 6.07) is 1.22. The summed E-state index contributed by atoms with van der Waals surface area (Å²) in [5.41, 5.74) is 0.574. The second-order valence-electron chi connectivity index (χ2n) is 2.39. The van der Waals surface area contributed by atoms with Crippen molar-refractivity contribution in [3.63, 3.8) is 0 Å². The van der Waals surface area contributed by atoms with Gasteiger partial charge in [-0.05, 0) is 6.92 Å². The number of pyridine rings is 1. The molecule has 0 aromatic carbocycles. The van der Waals surface area contributed by atoms with Crippen LogP contribution in [0.4, 0.5) is 0 Å². The molecule has 12 heavy (non-hydrogen) atoms. The summed E-state index contributed by atoms with van der Waals surface area (Å²) in [7, 11) is 1.26. The molecule has 0 aliphatic carbocycles. The fourth-order valence-corrected chi connectivity index (χ4v) is 0.772. The first-order valence-corrected chi connectivity index (χ1v) is 3.43. The molecular weight excluding hydrogens is 158 g/mol. The Balaban J connectivity index is 3.13. The number of carbonyl (C=O) groups is 1. The lowest BCUT2D eigenvalue weighted by molar-refractivity contribution is 0.0594. The minimum absolute atomic E-state index is 0.172. The number of nitrogens with one attached hydrogen (secondary N) is 1. The fourth-order valence-electron chi connectivity index (χ4n) is 0.772. The largest absolute Gasteiger partial charge is 0.464 e. The number of hydrogen-bond acceptors (Lipinski definition) is 3. The maximum Gasteiger partial charge on any atom is 0.354 e. The number of rotatable bonds is 1. The average molecular weight is 167 g/mol. The van der Waals surface area contributed by atoms with E-state index >= 15 is 0 Å². The molecule has 4 heteroatoms. The predicted octanol–water partition coefficient (Wildman–Crippen LogP) is 0.470. The lowest BCUT2D eigenvalue weighted by Crippen LogP contribution is -2.11. The van der Waals surface area contributed by atoms with Gasteiger partial charge in [-0.1, -0.05) is 0 Å². The Morgan fingerprint density at radius 3 is 2.75 bits per heavy atom. The molecule has 0 aliphatic rings. The first-order chi connectivity index (χ1) is 5.65. The molecule has 0 saturated heterocycles. The van der Waals surface area contributed by atoms with Crippen LogP contribution < -0.4 is 5.43 Å². The van der Waals surface area contributed by atoms with Crippen molar-refractivity contribution >= 4 is 5.97 Å². The normalized spacial score (nSPS) is 9.50. The molecule has 1 N–H and O–H groups in total. The van der Waals surface area contributed by atoms with Gasteiger partial charge in [-0.3, -0.25) is 4.79 Å². The second-order valence-corrected chi connectivity index (χ2v) is 2.39. The van der Waals surface area contributed by atoms with E-state index in [2.05, 4.69) is 9.72 Å². The number of H-pyrrole nitrogens is 1. The maximum atomic E-state index is 11.0. The van der Waals surface area contributed by atoms with Gasteiger partial charge in [0, 0.05) is 17.8 Å². The van der Waals surface area contributed by atoms with Crippen molar-refractivity contribution in [1.82, 2.24) is 4.98 Å². The van der Waals surface area contributed by atoms with Gasteiger partial charge in [0.2, 0.25) is 0 Å². The molecule has 0 saturated carbocycles. The van der Waals surface area contributed by atoms with Gasteiger partial charge in [0.25, 0.3) is 0 Å². The minimum atomic E-state index is -0.535. The monoisotopic (exact) mass is 167 g/mol. The van der Waals surface area contributed by atoms with E-state index in [9.17, 15) is 9.59 Å². The van der Waals surface area contributed by atoms with E-state index in [-0.39, 0.29) is 11.1 Å². The van der Waals surface area contributed by atoms with Gasteiger partial charge >= 0.3 is 5.97 Å². The SMILES string of the molecule is COC(=O)c1cc(=O)c(C)c[nH]1. The molecule has 1 rings (SSSR count). The highest BCUT2D eigenvalue weighted by atomic mass is 16.5. The van der Waals surface area contributed by atoms with Crippen LogP contribution in [0.15, 0.2) is 17.1 Å². The zero-order valence-corrected chi connectivity index (χ0v) is 6.88. The summed E-state index contributed by atoms with van der Waals surface area (Å²) in [6.07, 6.45) is 1.48. The Morgan fingerprint density at radius 2 is 2.25 bits per heavy atom. The summed E-state index contributed by atoms with van der Waals surface area (Å²) in [4.78, 5) is 24.6. The van der Waals surface area contributed by atoms with Crippen molar-refractivity contribution in [2.45, 2.75) is 6.92 Å². The van der Waals surface area contributed by atoms with Gasteiger partial charge in [-0.2, -0.15) is 0 Å². The lowest BCUT2D eigenvalue weighted by atomic mass is 10.2. The van der Waals surface area contributed by atoms with Gasteiger partial charge in [0.05, 0.1) is 7.11 Å². The molecule has 0 spiro atoms. The van der Waals surface area contributed by atoms with Crippen LogP contribution in [0, 0.1) is 6.92 Å². The average Bonchev–Trinajstić information content (AvgIpc) is 2.08. The Morgan fingerprint density at radius 1 is 1.58 bits per heavy atom. The molecule has 0 radical (unpaired) electrons. The summed E-state index contributed by atoms with van der Waals surface area (Å²) in [5.74, 6) is -0.535. The Hall–Kier alpha value is -1.58. The summed E-state index contributed by atoms with van der Waals surface area (Å²) >= 11 is 0. The molecule has 0 fully saturated rings. The van der Waals surface area contributed by atoms with Gasteiger partial charge < -0.3 is 9.72 Å². The van der Waals surface area contributed by atoms with Crippen molar-refractivity contribution in [3.8, 4) is 0 Å². The molecule has 0 bridgehead atoms. The lowest BCUT2D eigenvalue weighted by Gasteiger charge is -1.98. The smallest absolute Gasteiger partial charge is 0.354 e. The van der Waals surface area contributed by atoms with Crippen LogP contribution in [0.25, 0.3) is 0 Å². The molecule has 64 valence electrons. The number of esters is 1. The highest BCUT2D eigenvalue weighted by Crippen LogP contribution is 1.93. The third-order valence-electron chi connectivity index (χ3n) is 1.51. The molecule has 4 nitrogen and oxygen atoms in total. The van der Waals surface area contributed by atoms with Gasteiger partial charge in [-0.15, -0.1) is 0 Å².